The highest BCUT2D eigenvalue weighted by Crippen LogP contribution is 2.22. The Kier molecular flexibility index (Phi) is 6.02. The summed E-state index contributed by atoms with van der Waals surface area (Å²) < 4.78 is 5.84. The molecule has 0 saturated heterocycles. The van der Waals surface area contributed by atoms with Crippen LogP contribution in [0.5, 0.6) is 5.75 Å². The van der Waals surface area contributed by atoms with Crippen molar-refractivity contribution in [2.24, 2.45) is 0 Å². The van der Waals surface area contributed by atoms with Gasteiger partial charge in [0.2, 0.25) is 0 Å². The minimum absolute atomic E-state index is 0.101. The van der Waals surface area contributed by atoms with E-state index >= 15 is 0 Å². The van der Waals surface area contributed by atoms with Gasteiger partial charge in [0, 0.05) is 0 Å². The molecule has 22 heavy (non-hydrogen) atoms. The molecule has 0 spiro atoms. The summed E-state index contributed by atoms with van der Waals surface area (Å²) in [5, 5.41) is 9.07. The second-order valence-corrected chi connectivity index (χ2v) is 6.16. The van der Waals surface area contributed by atoms with Gasteiger partial charge in [0.05, 0.1) is 13.2 Å². The number of hydrogen-bond acceptors (Lipinski definition) is 2. The van der Waals surface area contributed by atoms with E-state index in [1.54, 1.807) is 0 Å². The standard InChI is InChI=1S/C20H26O2/c1-15(2)18-8-10-20(11-9-18)22-13-12-16(3)19-6-4-17(14-21)5-7-19/h4-11,15-16,21H,12-14H2,1-3H3. The van der Waals surface area contributed by atoms with Gasteiger partial charge in [-0.25, -0.2) is 0 Å². The molecule has 2 nitrogen and oxygen atoms in total. The Morgan fingerprint density at radius 2 is 1.45 bits per heavy atom. The van der Waals surface area contributed by atoms with E-state index < -0.39 is 0 Å². The zero-order chi connectivity index (χ0) is 15.9. The summed E-state index contributed by atoms with van der Waals surface area (Å²) in [6.45, 7) is 7.41. The maximum Gasteiger partial charge on any atom is 0.119 e. The first-order valence-corrected chi connectivity index (χ1v) is 8.02. The Bertz CT molecular complexity index is 555. The van der Waals surface area contributed by atoms with Gasteiger partial charge in [-0.2, -0.15) is 0 Å². The Hall–Kier alpha value is -1.80. The Morgan fingerprint density at radius 1 is 0.864 bits per heavy atom. The van der Waals surface area contributed by atoms with E-state index in [-0.39, 0.29) is 6.61 Å². The molecule has 118 valence electrons. The molecule has 0 aliphatic heterocycles. The fourth-order valence-electron chi connectivity index (χ4n) is 2.42. The van der Waals surface area contributed by atoms with Crippen LogP contribution >= 0.6 is 0 Å². The molecular weight excluding hydrogens is 272 g/mol. The van der Waals surface area contributed by atoms with Crippen molar-refractivity contribution in [1.82, 2.24) is 0 Å². The van der Waals surface area contributed by atoms with Crippen LogP contribution in [0.4, 0.5) is 0 Å². The average Bonchev–Trinajstić information content (AvgIpc) is 2.55. The summed E-state index contributed by atoms with van der Waals surface area (Å²) in [4.78, 5) is 0. The monoisotopic (exact) mass is 298 g/mol. The molecule has 0 aliphatic rings. The third kappa shape index (κ3) is 4.60. The van der Waals surface area contributed by atoms with E-state index in [9.17, 15) is 0 Å². The molecule has 2 heteroatoms. The maximum absolute atomic E-state index is 9.07. The summed E-state index contributed by atoms with van der Waals surface area (Å²) in [7, 11) is 0. The number of benzene rings is 2. The van der Waals surface area contributed by atoms with Crippen molar-refractivity contribution in [3.63, 3.8) is 0 Å². The van der Waals surface area contributed by atoms with Crippen LogP contribution in [0.3, 0.4) is 0 Å². The number of aliphatic hydroxyl groups excluding tert-OH is 1. The fourth-order valence-corrected chi connectivity index (χ4v) is 2.42. The van der Waals surface area contributed by atoms with Crippen molar-refractivity contribution >= 4 is 0 Å². The normalized spacial score (nSPS) is 12.4. The lowest BCUT2D eigenvalue weighted by Gasteiger charge is -2.14. The average molecular weight is 298 g/mol. The smallest absolute Gasteiger partial charge is 0.119 e. The fraction of sp³-hybridized carbons (Fsp3) is 0.400. The summed E-state index contributed by atoms with van der Waals surface area (Å²) in [6.07, 6.45) is 0.977. The SMILES string of the molecule is CC(C)c1ccc(OCCC(C)c2ccc(CO)cc2)cc1. The van der Waals surface area contributed by atoms with Gasteiger partial charge in [0.15, 0.2) is 0 Å². The van der Waals surface area contributed by atoms with E-state index in [2.05, 4.69) is 57.2 Å². The zero-order valence-electron chi connectivity index (χ0n) is 13.8. The van der Waals surface area contributed by atoms with Crippen LogP contribution in [0.1, 0.15) is 55.7 Å². The van der Waals surface area contributed by atoms with Gasteiger partial charge in [-0.3, -0.25) is 0 Å². The van der Waals surface area contributed by atoms with Crippen molar-refractivity contribution in [1.29, 1.82) is 0 Å². The molecule has 0 radical (unpaired) electrons. The molecule has 2 rings (SSSR count). The minimum atomic E-state index is 0.101. The van der Waals surface area contributed by atoms with Crippen LogP contribution in [0.2, 0.25) is 0 Å². The van der Waals surface area contributed by atoms with Crippen LogP contribution < -0.4 is 4.74 Å². The quantitative estimate of drug-likeness (QED) is 0.790. The van der Waals surface area contributed by atoms with Crippen molar-refractivity contribution < 1.29 is 9.84 Å². The van der Waals surface area contributed by atoms with E-state index in [4.69, 9.17) is 9.84 Å². The predicted molar refractivity (Wildman–Crippen MR) is 91.4 cm³/mol. The van der Waals surface area contributed by atoms with Crippen molar-refractivity contribution in [3.8, 4) is 5.75 Å². The molecule has 2 aromatic carbocycles. The molecule has 1 N–H and O–H groups in total. The molecule has 2 aromatic rings. The first-order valence-electron chi connectivity index (χ1n) is 8.02. The first kappa shape index (κ1) is 16.6. The molecule has 0 bridgehead atoms. The zero-order valence-corrected chi connectivity index (χ0v) is 13.8. The van der Waals surface area contributed by atoms with Gasteiger partial charge in [-0.15, -0.1) is 0 Å². The van der Waals surface area contributed by atoms with Gasteiger partial charge in [0.25, 0.3) is 0 Å². The highest BCUT2D eigenvalue weighted by atomic mass is 16.5. The molecule has 0 fully saturated rings. The number of aliphatic hydroxyl groups is 1. The topological polar surface area (TPSA) is 29.5 Å². The summed E-state index contributed by atoms with van der Waals surface area (Å²) in [5.74, 6) is 1.94. The first-order chi connectivity index (χ1) is 10.6. The van der Waals surface area contributed by atoms with Crippen molar-refractivity contribution in [3.05, 3.63) is 65.2 Å². The molecule has 1 atom stereocenters. The number of ether oxygens (including phenoxy) is 1. The molecular formula is C20H26O2. The Labute approximate surface area is 133 Å². The van der Waals surface area contributed by atoms with E-state index in [0.717, 1.165) is 17.7 Å². The van der Waals surface area contributed by atoms with Crippen LogP contribution in [-0.2, 0) is 6.61 Å². The summed E-state index contributed by atoms with van der Waals surface area (Å²) in [6, 6.07) is 16.5. The number of hydrogen-bond donors (Lipinski definition) is 1. The highest BCUT2D eigenvalue weighted by molar-refractivity contribution is 5.29. The lowest BCUT2D eigenvalue weighted by molar-refractivity contribution is 0.281. The molecule has 0 aliphatic carbocycles. The van der Waals surface area contributed by atoms with Gasteiger partial charge in [0.1, 0.15) is 5.75 Å². The predicted octanol–water partition coefficient (Wildman–Crippen LogP) is 4.87. The Balaban J connectivity index is 1.82. The Morgan fingerprint density at radius 3 is 2.00 bits per heavy atom. The molecule has 0 amide bonds. The molecule has 0 heterocycles. The van der Waals surface area contributed by atoms with E-state index in [1.165, 1.54) is 11.1 Å². The van der Waals surface area contributed by atoms with Crippen LogP contribution in [0.15, 0.2) is 48.5 Å². The van der Waals surface area contributed by atoms with E-state index in [1.807, 2.05) is 12.1 Å². The third-order valence-electron chi connectivity index (χ3n) is 4.10. The largest absolute Gasteiger partial charge is 0.494 e. The van der Waals surface area contributed by atoms with Gasteiger partial charge in [-0.05, 0) is 47.1 Å². The van der Waals surface area contributed by atoms with Crippen molar-refractivity contribution in [2.45, 2.75) is 45.6 Å². The minimum Gasteiger partial charge on any atom is -0.494 e. The van der Waals surface area contributed by atoms with Crippen LogP contribution in [0, 0.1) is 0 Å². The summed E-state index contributed by atoms with van der Waals surface area (Å²) >= 11 is 0. The lowest BCUT2D eigenvalue weighted by Crippen LogP contribution is -2.03. The van der Waals surface area contributed by atoms with Gasteiger partial charge < -0.3 is 9.84 Å². The highest BCUT2D eigenvalue weighted by Gasteiger charge is 2.06. The lowest BCUT2D eigenvalue weighted by atomic mass is 9.97. The maximum atomic E-state index is 9.07. The molecule has 0 aromatic heterocycles. The second kappa shape index (κ2) is 8.00. The molecule has 1 unspecified atom stereocenters. The summed E-state index contributed by atoms with van der Waals surface area (Å²) in [5.41, 5.74) is 3.58. The van der Waals surface area contributed by atoms with Gasteiger partial charge >= 0.3 is 0 Å². The second-order valence-electron chi connectivity index (χ2n) is 6.16. The van der Waals surface area contributed by atoms with Crippen LogP contribution in [0.25, 0.3) is 0 Å². The number of rotatable bonds is 7. The van der Waals surface area contributed by atoms with Crippen molar-refractivity contribution in [2.75, 3.05) is 6.61 Å². The third-order valence-corrected chi connectivity index (χ3v) is 4.10. The molecule has 0 saturated carbocycles. The van der Waals surface area contributed by atoms with Crippen LogP contribution in [-0.4, -0.2) is 11.7 Å². The van der Waals surface area contributed by atoms with Gasteiger partial charge in [-0.1, -0.05) is 57.2 Å². The van der Waals surface area contributed by atoms with E-state index in [0.29, 0.717) is 18.4 Å².